The molecule has 106 valence electrons. The number of hydrogen-bond acceptors (Lipinski definition) is 5. The van der Waals surface area contributed by atoms with Crippen LogP contribution in [0, 0.1) is 0 Å². The van der Waals surface area contributed by atoms with Crippen LogP contribution in [0.25, 0.3) is 0 Å². The van der Waals surface area contributed by atoms with Gasteiger partial charge in [0.1, 0.15) is 6.26 Å². The van der Waals surface area contributed by atoms with Crippen molar-refractivity contribution in [3.8, 4) is 0 Å². The first-order valence-corrected chi connectivity index (χ1v) is 8.28. The molecule has 2 aromatic rings. The van der Waals surface area contributed by atoms with E-state index in [9.17, 15) is 13.2 Å². The molecule has 0 unspecified atom stereocenters. The van der Waals surface area contributed by atoms with Crippen molar-refractivity contribution in [2.45, 2.75) is 13.0 Å². The molecule has 0 saturated heterocycles. The van der Waals surface area contributed by atoms with E-state index in [-0.39, 0.29) is 5.56 Å². The zero-order valence-electron chi connectivity index (χ0n) is 10.4. The first-order chi connectivity index (χ1) is 9.56. The Bertz CT molecular complexity index is 718. The minimum absolute atomic E-state index is 0.182. The van der Waals surface area contributed by atoms with Crippen molar-refractivity contribution in [3.05, 3.63) is 46.0 Å². The molecule has 1 aliphatic heterocycles. The molecule has 1 N–H and O–H groups in total. The first-order valence-electron chi connectivity index (χ1n) is 5.96. The molecular weight excluding hydrogens is 300 g/mol. The third-order valence-electron chi connectivity index (χ3n) is 3.12. The van der Waals surface area contributed by atoms with Crippen LogP contribution in [-0.2, 0) is 23.2 Å². The van der Waals surface area contributed by atoms with Gasteiger partial charge in [-0.2, -0.15) is 12.7 Å². The summed E-state index contributed by atoms with van der Waals surface area (Å²) in [4.78, 5) is 13.0. The molecule has 0 aliphatic carbocycles. The van der Waals surface area contributed by atoms with Crippen LogP contribution in [0.3, 0.4) is 0 Å². The summed E-state index contributed by atoms with van der Waals surface area (Å²) < 4.78 is 32.5. The number of nitrogens with zero attached hydrogens (tertiary/aromatic N) is 1. The van der Waals surface area contributed by atoms with E-state index < -0.39 is 16.1 Å². The highest BCUT2D eigenvalue weighted by Gasteiger charge is 2.29. The number of hydrogen-bond donors (Lipinski definition) is 1. The summed E-state index contributed by atoms with van der Waals surface area (Å²) in [7, 11) is -3.83. The maximum Gasteiger partial charge on any atom is 0.304 e. The predicted molar refractivity (Wildman–Crippen MR) is 73.5 cm³/mol. The molecule has 1 amide bonds. The number of rotatable bonds is 3. The Morgan fingerprint density at radius 1 is 1.40 bits per heavy atom. The van der Waals surface area contributed by atoms with Crippen molar-refractivity contribution in [1.82, 2.24) is 9.03 Å². The Morgan fingerprint density at radius 3 is 3.00 bits per heavy atom. The van der Waals surface area contributed by atoms with E-state index in [1.165, 1.54) is 27.8 Å². The maximum atomic E-state index is 12.2. The van der Waals surface area contributed by atoms with Crippen LogP contribution in [0.5, 0.6) is 0 Å². The van der Waals surface area contributed by atoms with Crippen LogP contribution < -0.4 is 4.72 Å². The lowest BCUT2D eigenvalue weighted by Crippen LogP contribution is -2.45. The first kappa shape index (κ1) is 13.3. The summed E-state index contributed by atoms with van der Waals surface area (Å²) in [6.07, 6.45) is 3.20. The summed E-state index contributed by atoms with van der Waals surface area (Å²) in [5, 5.41) is 1.95. The number of fused-ring (bicyclic) bond motifs is 1. The highest BCUT2D eigenvalue weighted by atomic mass is 32.2. The smallest absolute Gasteiger partial charge is 0.304 e. The molecule has 0 fully saturated rings. The molecule has 2 aromatic heterocycles. The second-order valence-corrected chi connectivity index (χ2v) is 7.07. The molecule has 1 aliphatic rings. The van der Waals surface area contributed by atoms with Crippen LogP contribution in [0.4, 0.5) is 0 Å². The summed E-state index contributed by atoms with van der Waals surface area (Å²) in [6, 6.07) is 3.33. The molecule has 3 rings (SSSR count). The lowest BCUT2D eigenvalue weighted by atomic mass is 10.1. The van der Waals surface area contributed by atoms with E-state index >= 15 is 0 Å². The zero-order chi connectivity index (χ0) is 14.2. The van der Waals surface area contributed by atoms with Gasteiger partial charge in [0.2, 0.25) is 0 Å². The molecule has 0 spiro atoms. The Labute approximate surface area is 120 Å². The van der Waals surface area contributed by atoms with E-state index in [0.717, 1.165) is 5.56 Å². The van der Waals surface area contributed by atoms with Gasteiger partial charge < -0.3 is 4.42 Å². The normalized spacial score (nSPS) is 15.8. The van der Waals surface area contributed by atoms with Crippen molar-refractivity contribution >= 4 is 27.5 Å². The summed E-state index contributed by atoms with van der Waals surface area (Å²) in [6.45, 7) is 0.675. The fourth-order valence-electron chi connectivity index (χ4n) is 2.06. The fraction of sp³-hybridized carbons (Fsp3) is 0.250. The Hall–Kier alpha value is -1.64. The van der Waals surface area contributed by atoms with E-state index in [2.05, 4.69) is 4.72 Å². The van der Waals surface area contributed by atoms with Crippen molar-refractivity contribution in [3.63, 3.8) is 0 Å². The second-order valence-electron chi connectivity index (χ2n) is 4.40. The highest BCUT2D eigenvalue weighted by Crippen LogP contribution is 2.25. The van der Waals surface area contributed by atoms with Gasteiger partial charge in [0, 0.05) is 18.0 Å². The van der Waals surface area contributed by atoms with Gasteiger partial charge in [-0.25, -0.2) is 4.72 Å². The van der Waals surface area contributed by atoms with Gasteiger partial charge in [0.15, 0.2) is 0 Å². The largest absolute Gasteiger partial charge is 0.472 e. The molecule has 20 heavy (non-hydrogen) atoms. The minimum atomic E-state index is -3.83. The highest BCUT2D eigenvalue weighted by molar-refractivity contribution is 7.87. The number of carbonyl (C=O) groups excluding carboxylic acids is 1. The quantitative estimate of drug-likeness (QED) is 0.928. The average molecular weight is 312 g/mol. The van der Waals surface area contributed by atoms with Gasteiger partial charge in [-0.15, -0.1) is 11.3 Å². The van der Waals surface area contributed by atoms with Crippen LogP contribution in [-0.4, -0.2) is 25.2 Å². The second kappa shape index (κ2) is 5.04. The van der Waals surface area contributed by atoms with Crippen molar-refractivity contribution in [1.29, 1.82) is 0 Å². The molecule has 0 saturated carbocycles. The lowest BCUT2D eigenvalue weighted by molar-refractivity contribution is 0.0978. The van der Waals surface area contributed by atoms with E-state index in [1.807, 2.05) is 11.4 Å². The van der Waals surface area contributed by atoms with Crippen LogP contribution in [0.15, 0.2) is 34.5 Å². The molecule has 6 nitrogen and oxygen atoms in total. The van der Waals surface area contributed by atoms with Gasteiger partial charge in [-0.1, -0.05) is 0 Å². The van der Waals surface area contributed by atoms with Crippen molar-refractivity contribution in [2.24, 2.45) is 0 Å². The van der Waals surface area contributed by atoms with Crippen LogP contribution >= 0.6 is 11.3 Å². The predicted octanol–water partition coefficient (Wildman–Crippen LogP) is 1.37. The maximum absolute atomic E-state index is 12.2. The van der Waals surface area contributed by atoms with E-state index in [4.69, 9.17) is 4.42 Å². The fourth-order valence-corrected chi connectivity index (χ4v) is 4.07. The topological polar surface area (TPSA) is 79.6 Å². The molecule has 0 aromatic carbocycles. The zero-order valence-corrected chi connectivity index (χ0v) is 12.0. The number of amides is 1. The third-order valence-corrected chi connectivity index (χ3v) is 5.58. The van der Waals surface area contributed by atoms with Crippen molar-refractivity contribution < 1.29 is 17.6 Å². The SMILES string of the molecule is O=C(NS(=O)(=O)N1CCc2sccc2C1)c1ccoc1. The van der Waals surface area contributed by atoms with Gasteiger partial charge in [0.05, 0.1) is 11.8 Å². The van der Waals surface area contributed by atoms with Gasteiger partial charge >= 0.3 is 10.2 Å². The third kappa shape index (κ3) is 2.49. The molecule has 0 atom stereocenters. The van der Waals surface area contributed by atoms with Gasteiger partial charge in [0.25, 0.3) is 5.91 Å². The Morgan fingerprint density at radius 2 is 2.25 bits per heavy atom. The van der Waals surface area contributed by atoms with Crippen molar-refractivity contribution in [2.75, 3.05) is 6.54 Å². The van der Waals surface area contributed by atoms with Gasteiger partial charge in [-0.3, -0.25) is 4.79 Å². The molecule has 0 radical (unpaired) electrons. The molecule has 3 heterocycles. The van der Waals surface area contributed by atoms with Gasteiger partial charge in [-0.05, 0) is 29.5 Å². The van der Waals surface area contributed by atoms with Crippen LogP contribution in [0.2, 0.25) is 0 Å². The Kier molecular flexibility index (Phi) is 3.36. The average Bonchev–Trinajstić information content (AvgIpc) is 3.08. The number of nitrogens with one attached hydrogen (secondary N) is 1. The lowest BCUT2D eigenvalue weighted by Gasteiger charge is -2.25. The Balaban J connectivity index is 1.75. The molecule has 0 bridgehead atoms. The van der Waals surface area contributed by atoms with Crippen LogP contribution in [0.1, 0.15) is 20.8 Å². The standard InChI is InChI=1S/C12H12N2O4S2/c15-12(10-2-5-18-8-10)13-20(16,17)14-4-1-11-9(7-14)3-6-19-11/h2-3,5-6,8H,1,4,7H2,(H,13,15). The summed E-state index contributed by atoms with van der Waals surface area (Å²) in [5.74, 6) is -0.685. The monoisotopic (exact) mass is 312 g/mol. The molecule has 8 heteroatoms. The van der Waals surface area contributed by atoms with E-state index in [0.29, 0.717) is 19.5 Å². The number of furan rings is 1. The molecular formula is C12H12N2O4S2. The number of carbonyl (C=O) groups is 1. The van der Waals surface area contributed by atoms with E-state index in [1.54, 1.807) is 11.3 Å². The number of thiophene rings is 1. The summed E-state index contributed by atoms with van der Waals surface area (Å²) in [5.41, 5.74) is 1.18. The summed E-state index contributed by atoms with van der Waals surface area (Å²) >= 11 is 1.63. The minimum Gasteiger partial charge on any atom is -0.472 e.